The third-order valence-corrected chi connectivity index (χ3v) is 2.77. The topological polar surface area (TPSA) is 29.3 Å². The van der Waals surface area contributed by atoms with Crippen molar-refractivity contribution >= 4 is 24.8 Å². The van der Waals surface area contributed by atoms with Crippen LogP contribution in [0.3, 0.4) is 0 Å². The van der Waals surface area contributed by atoms with Crippen LogP contribution in [0.4, 0.5) is 0 Å². The van der Waals surface area contributed by atoms with Gasteiger partial charge in [-0.25, -0.2) is 0 Å². The number of hydrogen-bond acceptors (Lipinski definition) is 2. The molecule has 2 rings (SSSR count). The van der Waals surface area contributed by atoms with Crippen molar-refractivity contribution in [1.29, 1.82) is 0 Å². The standard InChI is InChI=1S/C7H14N2.2ClH/c8-3-7-5-9-2-1-6(7)4-9;;/h6-7H,1-5,8H2;2*1H. The zero-order valence-corrected chi connectivity index (χ0v) is 8.16. The molecule has 0 aliphatic carbocycles. The molecule has 2 nitrogen and oxygen atoms in total. The van der Waals surface area contributed by atoms with Crippen molar-refractivity contribution in [1.82, 2.24) is 4.90 Å². The number of piperidine rings is 1. The molecule has 2 saturated heterocycles. The Labute approximate surface area is 80.3 Å². The first-order valence-corrected chi connectivity index (χ1v) is 3.82. The van der Waals surface area contributed by atoms with E-state index in [4.69, 9.17) is 5.73 Å². The fourth-order valence-corrected chi connectivity index (χ4v) is 2.16. The monoisotopic (exact) mass is 198 g/mol. The van der Waals surface area contributed by atoms with Gasteiger partial charge in [-0.1, -0.05) is 0 Å². The smallest absolute Gasteiger partial charge is 0.00250 e. The minimum Gasteiger partial charge on any atom is -0.330 e. The Bertz CT molecular complexity index is 121. The first-order valence-electron chi connectivity index (χ1n) is 3.82. The van der Waals surface area contributed by atoms with Crippen LogP contribution >= 0.6 is 24.8 Å². The van der Waals surface area contributed by atoms with Crippen LogP contribution < -0.4 is 5.73 Å². The lowest BCUT2D eigenvalue weighted by atomic mass is 9.93. The molecule has 0 radical (unpaired) electrons. The van der Waals surface area contributed by atoms with Gasteiger partial charge in [-0.3, -0.25) is 0 Å². The highest BCUT2D eigenvalue weighted by Gasteiger charge is 2.36. The van der Waals surface area contributed by atoms with Gasteiger partial charge in [0.25, 0.3) is 0 Å². The predicted octanol–water partition coefficient (Wildman–Crippen LogP) is 0.740. The van der Waals surface area contributed by atoms with Crippen LogP contribution in [-0.4, -0.2) is 31.1 Å². The van der Waals surface area contributed by atoms with E-state index in [-0.39, 0.29) is 24.8 Å². The van der Waals surface area contributed by atoms with Crippen molar-refractivity contribution in [3.05, 3.63) is 0 Å². The second-order valence-electron chi connectivity index (χ2n) is 3.30. The van der Waals surface area contributed by atoms with E-state index in [1.807, 2.05) is 0 Å². The number of rotatable bonds is 1. The molecule has 2 bridgehead atoms. The van der Waals surface area contributed by atoms with Gasteiger partial charge >= 0.3 is 0 Å². The summed E-state index contributed by atoms with van der Waals surface area (Å²) >= 11 is 0. The van der Waals surface area contributed by atoms with Gasteiger partial charge in [0.05, 0.1) is 0 Å². The molecule has 11 heavy (non-hydrogen) atoms. The predicted molar refractivity (Wildman–Crippen MR) is 51.6 cm³/mol. The molecule has 0 saturated carbocycles. The number of fused-ring (bicyclic) bond motifs is 2. The van der Waals surface area contributed by atoms with Gasteiger partial charge in [0, 0.05) is 13.1 Å². The second-order valence-corrected chi connectivity index (χ2v) is 3.30. The lowest BCUT2D eigenvalue weighted by Crippen LogP contribution is -2.28. The molecule has 2 aliphatic heterocycles. The zero-order chi connectivity index (χ0) is 6.27. The van der Waals surface area contributed by atoms with E-state index in [0.717, 1.165) is 18.4 Å². The number of hydrogen-bond donors (Lipinski definition) is 1. The van der Waals surface area contributed by atoms with E-state index >= 15 is 0 Å². The lowest BCUT2D eigenvalue weighted by molar-refractivity contribution is 0.306. The number of halogens is 2. The van der Waals surface area contributed by atoms with E-state index in [9.17, 15) is 0 Å². The van der Waals surface area contributed by atoms with Crippen LogP contribution in [-0.2, 0) is 0 Å². The Balaban J connectivity index is 0.000000500. The van der Waals surface area contributed by atoms with Crippen molar-refractivity contribution in [3.63, 3.8) is 0 Å². The average Bonchev–Trinajstić information content (AvgIpc) is 2.45. The SMILES string of the molecule is Cl.Cl.NCC1CN2CCC1C2. The molecule has 0 aromatic rings. The summed E-state index contributed by atoms with van der Waals surface area (Å²) < 4.78 is 0. The summed E-state index contributed by atoms with van der Waals surface area (Å²) in [7, 11) is 0. The van der Waals surface area contributed by atoms with Crippen LogP contribution in [0.5, 0.6) is 0 Å². The van der Waals surface area contributed by atoms with Gasteiger partial charge < -0.3 is 10.6 Å². The van der Waals surface area contributed by atoms with Gasteiger partial charge in [-0.2, -0.15) is 0 Å². The normalized spacial score (nSPS) is 39.5. The Hall–Kier alpha value is 0.500. The van der Waals surface area contributed by atoms with Gasteiger partial charge in [-0.05, 0) is 31.3 Å². The summed E-state index contributed by atoms with van der Waals surface area (Å²) in [5, 5.41) is 0. The molecule has 2 fully saturated rings. The molecule has 2 heterocycles. The Morgan fingerprint density at radius 2 is 2.00 bits per heavy atom. The minimum absolute atomic E-state index is 0. The third kappa shape index (κ3) is 2.00. The van der Waals surface area contributed by atoms with E-state index in [1.165, 1.54) is 26.1 Å². The van der Waals surface area contributed by atoms with Crippen molar-refractivity contribution in [2.24, 2.45) is 17.6 Å². The van der Waals surface area contributed by atoms with E-state index in [2.05, 4.69) is 4.90 Å². The van der Waals surface area contributed by atoms with Crippen LogP contribution in [0.1, 0.15) is 6.42 Å². The molecule has 3 unspecified atom stereocenters. The van der Waals surface area contributed by atoms with E-state index in [0.29, 0.717) is 0 Å². The number of nitrogens with two attached hydrogens (primary N) is 1. The maximum Gasteiger partial charge on any atom is 0.00250 e. The molecular formula is C7H16Cl2N2. The summed E-state index contributed by atoms with van der Waals surface area (Å²) in [5.74, 6) is 1.79. The molecule has 68 valence electrons. The average molecular weight is 199 g/mol. The van der Waals surface area contributed by atoms with Crippen molar-refractivity contribution < 1.29 is 0 Å². The highest BCUT2D eigenvalue weighted by Crippen LogP contribution is 2.31. The molecule has 3 atom stereocenters. The highest BCUT2D eigenvalue weighted by atomic mass is 35.5. The summed E-state index contributed by atoms with van der Waals surface area (Å²) in [6.45, 7) is 4.85. The van der Waals surface area contributed by atoms with Crippen molar-refractivity contribution in [2.75, 3.05) is 26.2 Å². The summed E-state index contributed by atoms with van der Waals surface area (Å²) in [4.78, 5) is 2.53. The lowest BCUT2D eigenvalue weighted by Gasteiger charge is -2.19. The molecule has 0 amide bonds. The fourth-order valence-electron chi connectivity index (χ4n) is 2.16. The zero-order valence-electron chi connectivity index (χ0n) is 6.53. The fraction of sp³-hybridized carbons (Fsp3) is 1.00. The van der Waals surface area contributed by atoms with Gasteiger partial charge in [0.15, 0.2) is 0 Å². The van der Waals surface area contributed by atoms with Crippen LogP contribution in [0.2, 0.25) is 0 Å². The molecular weight excluding hydrogens is 183 g/mol. The molecule has 0 aromatic heterocycles. The van der Waals surface area contributed by atoms with E-state index in [1.54, 1.807) is 0 Å². The highest BCUT2D eigenvalue weighted by molar-refractivity contribution is 5.85. The Morgan fingerprint density at radius 1 is 1.27 bits per heavy atom. The van der Waals surface area contributed by atoms with Crippen molar-refractivity contribution in [3.8, 4) is 0 Å². The largest absolute Gasteiger partial charge is 0.330 e. The van der Waals surface area contributed by atoms with Crippen LogP contribution in [0.15, 0.2) is 0 Å². The maximum atomic E-state index is 5.59. The number of nitrogens with zero attached hydrogens (tertiary/aromatic N) is 1. The van der Waals surface area contributed by atoms with Gasteiger partial charge in [-0.15, -0.1) is 24.8 Å². The Morgan fingerprint density at radius 3 is 2.27 bits per heavy atom. The van der Waals surface area contributed by atoms with Gasteiger partial charge in [0.1, 0.15) is 0 Å². The molecule has 0 spiro atoms. The molecule has 2 N–H and O–H groups in total. The quantitative estimate of drug-likeness (QED) is 0.674. The van der Waals surface area contributed by atoms with Crippen LogP contribution in [0, 0.1) is 11.8 Å². The first-order chi connectivity index (χ1) is 4.40. The first kappa shape index (κ1) is 11.5. The summed E-state index contributed by atoms with van der Waals surface area (Å²) in [6, 6.07) is 0. The maximum absolute atomic E-state index is 5.59. The minimum atomic E-state index is 0. The third-order valence-electron chi connectivity index (χ3n) is 2.77. The molecule has 2 aliphatic rings. The van der Waals surface area contributed by atoms with Crippen molar-refractivity contribution in [2.45, 2.75) is 6.42 Å². The second kappa shape index (κ2) is 4.51. The summed E-state index contributed by atoms with van der Waals surface area (Å²) in [6.07, 6.45) is 1.40. The van der Waals surface area contributed by atoms with Gasteiger partial charge in [0.2, 0.25) is 0 Å². The summed E-state index contributed by atoms with van der Waals surface area (Å²) in [5.41, 5.74) is 5.59. The van der Waals surface area contributed by atoms with E-state index < -0.39 is 0 Å². The molecule has 4 heteroatoms. The van der Waals surface area contributed by atoms with Crippen LogP contribution in [0.25, 0.3) is 0 Å². The Kier molecular flexibility index (Phi) is 4.71. The molecule has 0 aromatic carbocycles.